The quantitative estimate of drug-likeness (QED) is 0.839. The molecule has 0 amide bonds. The van der Waals surface area contributed by atoms with Crippen LogP contribution in [0.3, 0.4) is 0 Å². The van der Waals surface area contributed by atoms with Crippen molar-refractivity contribution in [2.45, 2.75) is 27.2 Å². The number of rotatable bonds is 5. The van der Waals surface area contributed by atoms with Crippen molar-refractivity contribution in [2.75, 3.05) is 6.61 Å². The van der Waals surface area contributed by atoms with Crippen molar-refractivity contribution in [1.82, 2.24) is 0 Å². The van der Waals surface area contributed by atoms with Crippen molar-refractivity contribution in [3.8, 4) is 6.07 Å². The molecule has 5 heteroatoms. The number of benzene rings is 1. The van der Waals surface area contributed by atoms with Gasteiger partial charge in [0.1, 0.15) is 11.8 Å². The summed E-state index contributed by atoms with van der Waals surface area (Å²) in [6.45, 7) is 6.06. The zero-order chi connectivity index (χ0) is 17.7. The number of nitriles is 1. The average Bonchev–Trinajstić information content (AvgIpc) is 2.55. The van der Waals surface area contributed by atoms with E-state index < -0.39 is 11.9 Å². The van der Waals surface area contributed by atoms with Gasteiger partial charge in [0.2, 0.25) is 5.88 Å². The lowest BCUT2D eigenvalue weighted by molar-refractivity contribution is -0.139. The van der Waals surface area contributed by atoms with Crippen molar-refractivity contribution in [2.24, 2.45) is 17.6 Å². The van der Waals surface area contributed by atoms with E-state index in [0.717, 1.165) is 5.56 Å². The third-order valence-electron chi connectivity index (χ3n) is 3.78. The summed E-state index contributed by atoms with van der Waals surface area (Å²) < 4.78 is 10.9. The highest BCUT2D eigenvalue weighted by molar-refractivity contribution is 5.98. The van der Waals surface area contributed by atoms with Crippen LogP contribution in [0.1, 0.15) is 32.8 Å². The van der Waals surface area contributed by atoms with E-state index in [1.54, 1.807) is 6.92 Å². The molecule has 1 aromatic rings. The zero-order valence-corrected chi connectivity index (χ0v) is 14.2. The van der Waals surface area contributed by atoms with Gasteiger partial charge in [-0.1, -0.05) is 44.2 Å². The highest BCUT2D eigenvalue weighted by atomic mass is 16.5. The van der Waals surface area contributed by atoms with E-state index in [1.807, 2.05) is 44.2 Å². The molecule has 1 atom stereocenters. The van der Waals surface area contributed by atoms with Gasteiger partial charge in [-0.2, -0.15) is 5.26 Å². The molecule has 0 fully saturated rings. The number of nitrogens with zero attached hydrogens (tertiary/aromatic N) is 1. The Morgan fingerprint density at radius 3 is 2.58 bits per heavy atom. The monoisotopic (exact) mass is 326 g/mol. The third-order valence-corrected chi connectivity index (χ3v) is 3.78. The largest absolute Gasteiger partial charge is 0.463 e. The molecule has 0 aliphatic carbocycles. The van der Waals surface area contributed by atoms with Crippen molar-refractivity contribution in [3.05, 3.63) is 52.9 Å². The summed E-state index contributed by atoms with van der Waals surface area (Å²) in [5, 5.41) is 9.49. The average molecular weight is 326 g/mol. The number of hydrogen-bond donors (Lipinski definition) is 1. The van der Waals surface area contributed by atoms with Gasteiger partial charge in [0.25, 0.3) is 0 Å². The van der Waals surface area contributed by atoms with Gasteiger partial charge in [-0.05, 0) is 19.3 Å². The molecular weight excluding hydrogens is 304 g/mol. The molecular formula is C19H22N2O3. The molecule has 0 unspecified atom stereocenters. The van der Waals surface area contributed by atoms with Gasteiger partial charge in [0.15, 0.2) is 0 Å². The molecule has 0 radical (unpaired) electrons. The first-order chi connectivity index (χ1) is 11.5. The second kappa shape index (κ2) is 7.69. The van der Waals surface area contributed by atoms with Crippen molar-refractivity contribution in [3.63, 3.8) is 0 Å². The standard InChI is InChI=1S/C19H22N2O3/c1-4-23-19(22)16-14(10-12(2)3)15(11-20)18(21)24-17(16)13-8-6-5-7-9-13/h5-9,12,14H,4,10,21H2,1-3H3/t14-/m1/s1. The highest BCUT2D eigenvalue weighted by Gasteiger charge is 2.37. The van der Waals surface area contributed by atoms with Crippen LogP contribution in [-0.4, -0.2) is 12.6 Å². The molecule has 1 aliphatic heterocycles. The second-order valence-corrected chi connectivity index (χ2v) is 6.00. The predicted octanol–water partition coefficient (Wildman–Crippen LogP) is 3.35. The number of carbonyl (C=O) groups excluding carboxylic acids is 1. The molecule has 0 aromatic heterocycles. The minimum atomic E-state index is -0.470. The fourth-order valence-electron chi connectivity index (χ4n) is 2.78. The van der Waals surface area contributed by atoms with E-state index in [-0.39, 0.29) is 24.0 Å². The maximum Gasteiger partial charge on any atom is 0.338 e. The predicted molar refractivity (Wildman–Crippen MR) is 90.9 cm³/mol. The lowest BCUT2D eigenvalue weighted by atomic mass is 9.81. The first-order valence-corrected chi connectivity index (χ1v) is 8.03. The van der Waals surface area contributed by atoms with Crippen LogP contribution in [0.2, 0.25) is 0 Å². The van der Waals surface area contributed by atoms with E-state index >= 15 is 0 Å². The summed E-state index contributed by atoms with van der Waals surface area (Å²) in [6.07, 6.45) is 0.609. The number of esters is 1. The Morgan fingerprint density at radius 2 is 2.04 bits per heavy atom. The molecule has 0 spiro atoms. The molecule has 1 aromatic carbocycles. The SMILES string of the molecule is CCOC(=O)C1=C(c2ccccc2)OC(N)=C(C#N)[C@H]1CC(C)C. The molecule has 0 saturated heterocycles. The van der Waals surface area contributed by atoms with E-state index in [4.69, 9.17) is 15.2 Å². The lowest BCUT2D eigenvalue weighted by Crippen LogP contribution is -2.27. The van der Waals surface area contributed by atoms with Crippen LogP contribution in [-0.2, 0) is 14.3 Å². The molecule has 0 saturated carbocycles. The van der Waals surface area contributed by atoms with E-state index in [2.05, 4.69) is 6.07 Å². The number of ether oxygens (including phenoxy) is 2. The third kappa shape index (κ3) is 3.60. The first-order valence-electron chi connectivity index (χ1n) is 8.03. The minimum absolute atomic E-state index is 0.0510. The summed E-state index contributed by atoms with van der Waals surface area (Å²) >= 11 is 0. The minimum Gasteiger partial charge on any atom is -0.463 e. The maximum absolute atomic E-state index is 12.6. The van der Waals surface area contributed by atoms with Gasteiger partial charge < -0.3 is 15.2 Å². The van der Waals surface area contributed by atoms with Crippen LogP contribution < -0.4 is 5.73 Å². The smallest absolute Gasteiger partial charge is 0.338 e. The van der Waals surface area contributed by atoms with Crippen LogP contribution in [0.15, 0.2) is 47.4 Å². The first kappa shape index (κ1) is 17.6. The van der Waals surface area contributed by atoms with E-state index in [1.165, 1.54) is 0 Å². The molecule has 0 bridgehead atoms. The lowest BCUT2D eigenvalue weighted by Gasteiger charge is -2.28. The summed E-state index contributed by atoms with van der Waals surface area (Å²) in [5.74, 6) is -0.211. The Balaban J connectivity index is 2.63. The summed E-state index contributed by atoms with van der Waals surface area (Å²) in [6, 6.07) is 11.4. The molecule has 126 valence electrons. The topological polar surface area (TPSA) is 85.3 Å². The fourth-order valence-corrected chi connectivity index (χ4v) is 2.78. The van der Waals surface area contributed by atoms with E-state index in [9.17, 15) is 10.1 Å². The number of allylic oxidation sites excluding steroid dienone is 1. The Bertz CT molecular complexity index is 712. The van der Waals surface area contributed by atoms with Crippen LogP contribution in [0, 0.1) is 23.2 Å². The number of hydrogen-bond acceptors (Lipinski definition) is 5. The van der Waals surface area contributed by atoms with Crippen LogP contribution >= 0.6 is 0 Å². The molecule has 1 aliphatic rings. The van der Waals surface area contributed by atoms with Gasteiger partial charge in [0.05, 0.1) is 17.8 Å². The molecule has 2 rings (SSSR count). The Morgan fingerprint density at radius 1 is 1.38 bits per heavy atom. The van der Waals surface area contributed by atoms with Gasteiger partial charge in [-0.25, -0.2) is 4.79 Å². The van der Waals surface area contributed by atoms with Crippen LogP contribution in [0.5, 0.6) is 0 Å². The summed E-state index contributed by atoms with van der Waals surface area (Å²) in [7, 11) is 0. The number of nitrogens with two attached hydrogens (primary N) is 1. The van der Waals surface area contributed by atoms with E-state index in [0.29, 0.717) is 17.8 Å². The summed E-state index contributed by atoms with van der Waals surface area (Å²) in [5.41, 5.74) is 7.35. The van der Waals surface area contributed by atoms with Crippen molar-refractivity contribution >= 4 is 11.7 Å². The van der Waals surface area contributed by atoms with Gasteiger partial charge in [-0.15, -0.1) is 0 Å². The number of carbonyl (C=O) groups is 1. The van der Waals surface area contributed by atoms with Crippen molar-refractivity contribution < 1.29 is 14.3 Å². The van der Waals surface area contributed by atoms with Gasteiger partial charge in [-0.3, -0.25) is 0 Å². The Hall–Kier alpha value is -2.74. The van der Waals surface area contributed by atoms with Crippen LogP contribution in [0.25, 0.3) is 5.76 Å². The normalized spacial score (nSPS) is 17.5. The summed E-state index contributed by atoms with van der Waals surface area (Å²) in [4.78, 5) is 12.6. The van der Waals surface area contributed by atoms with Crippen LogP contribution in [0.4, 0.5) is 0 Å². The molecule has 5 nitrogen and oxygen atoms in total. The highest BCUT2D eigenvalue weighted by Crippen LogP contribution is 2.39. The Kier molecular flexibility index (Phi) is 5.64. The molecule has 1 heterocycles. The van der Waals surface area contributed by atoms with Gasteiger partial charge >= 0.3 is 5.97 Å². The maximum atomic E-state index is 12.6. The second-order valence-electron chi connectivity index (χ2n) is 6.00. The Labute approximate surface area is 142 Å². The molecule has 2 N–H and O–H groups in total. The zero-order valence-electron chi connectivity index (χ0n) is 14.2. The van der Waals surface area contributed by atoms with Crippen molar-refractivity contribution in [1.29, 1.82) is 5.26 Å². The fraction of sp³-hybridized carbons (Fsp3) is 0.368. The van der Waals surface area contributed by atoms with Gasteiger partial charge in [0, 0.05) is 11.5 Å². The molecule has 24 heavy (non-hydrogen) atoms.